The molecule has 0 N–H and O–H groups in total. The summed E-state index contributed by atoms with van der Waals surface area (Å²) >= 11 is 0. The van der Waals surface area contributed by atoms with E-state index in [1.165, 1.54) is 20.8 Å². The third-order valence-electron chi connectivity index (χ3n) is 2.71. The van der Waals surface area contributed by atoms with Gasteiger partial charge in [0.15, 0.2) is 9.84 Å². The van der Waals surface area contributed by atoms with Crippen LogP contribution in [-0.4, -0.2) is 42.8 Å². The zero-order chi connectivity index (χ0) is 16.4. The van der Waals surface area contributed by atoms with E-state index in [4.69, 9.17) is 0 Å². The molecule has 1 aliphatic rings. The topological polar surface area (TPSA) is 107 Å². The highest BCUT2D eigenvalue weighted by atomic mass is 32.2. The van der Waals surface area contributed by atoms with Crippen LogP contribution < -0.4 is 0 Å². The van der Waals surface area contributed by atoms with Crippen molar-refractivity contribution in [2.24, 2.45) is 0 Å². The first-order valence-electron chi connectivity index (χ1n) is 6.09. The number of carbonyl (C=O) groups is 3. The summed E-state index contributed by atoms with van der Waals surface area (Å²) in [7, 11) is -3.70. The number of carbonyl (C=O) groups excluding carboxylic acids is 3. The predicted octanol–water partition coefficient (Wildman–Crippen LogP) is 0.931. The molecule has 0 aromatic heterocycles. The molecule has 0 aliphatic carbocycles. The molecule has 9 heteroatoms. The van der Waals surface area contributed by atoms with Crippen molar-refractivity contribution in [3.05, 3.63) is 11.5 Å². The lowest BCUT2D eigenvalue weighted by Gasteiger charge is -2.20. The molecule has 0 radical (unpaired) electrons. The minimum Gasteiger partial charge on any atom is -0.427 e. The van der Waals surface area contributed by atoms with Gasteiger partial charge in [-0.1, -0.05) is 11.6 Å². The number of hydrogen-bond donors (Lipinski definition) is 0. The molecular weight excluding hydrogens is 302 g/mol. The molecule has 1 aliphatic heterocycles. The molecule has 118 valence electrons. The molecule has 21 heavy (non-hydrogen) atoms. The first kappa shape index (κ1) is 17.2. The Bertz CT molecular complexity index is 569. The van der Waals surface area contributed by atoms with Crippen molar-refractivity contribution >= 4 is 27.8 Å². The first-order valence-corrected chi connectivity index (χ1v) is 7.58. The van der Waals surface area contributed by atoms with Gasteiger partial charge in [0.05, 0.1) is 9.65 Å². The molecular formula is C12H17NO7S. The van der Waals surface area contributed by atoms with Gasteiger partial charge in [-0.05, 0) is 20.8 Å². The van der Waals surface area contributed by atoms with Crippen molar-refractivity contribution < 1.29 is 32.4 Å². The number of sulfone groups is 1. The van der Waals surface area contributed by atoms with Gasteiger partial charge in [0.1, 0.15) is 6.61 Å². The lowest BCUT2D eigenvalue weighted by molar-refractivity contribution is -0.176. The Hall–Kier alpha value is -1.90. The van der Waals surface area contributed by atoms with Crippen LogP contribution in [0.5, 0.6) is 0 Å². The van der Waals surface area contributed by atoms with Crippen molar-refractivity contribution in [3.8, 4) is 0 Å². The van der Waals surface area contributed by atoms with Gasteiger partial charge in [0, 0.05) is 12.8 Å². The molecule has 8 nitrogen and oxygen atoms in total. The molecule has 0 unspecified atom stereocenters. The summed E-state index contributed by atoms with van der Waals surface area (Å²) in [5, 5.41) is 0.309. The molecule has 1 rings (SSSR count). The van der Waals surface area contributed by atoms with E-state index < -0.39 is 39.2 Å². The van der Waals surface area contributed by atoms with E-state index in [9.17, 15) is 22.8 Å². The van der Waals surface area contributed by atoms with Gasteiger partial charge in [-0.2, -0.15) is 0 Å². The number of amides is 2. The quantitative estimate of drug-likeness (QED) is 0.560. The Kier molecular flexibility index (Phi) is 4.77. The summed E-state index contributed by atoms with van der Waals surface area (Å²) in [5.41, 5.74) is 0. The molecule has 2 amide bonds. The van der Waals surface area contributed by atoms with Gasteiger partial charge in [-0.3, -0.25) is 14.4 Å². The second-order valence-corrected chi connectivity index (χ2v) is 8.18. The van der Waals surface area contributed by atoms with Gasteiger partial charge in [-0.15, -0.1) is 0 Å². The summed E-state index contributed by atoms with van der Waals surface area (Å²) < 4.78 is 27.4. The van der Waals surface area contributed by atoms with Crippen LogP contribution in [0, 0.1) is 0 Å². The van der Waals surface area contributed by atoms with Gasteiger partial charge in [0.25, 0.3) is 11.8 Å². The van der Waals surface area contributed by atoms with E-state index >= 15 is 0 Å². The van der Waals surface area contributed by atoms with Gasteiger partial charge in [0.2, 0.25) is 0 Å². The van der Waals surface area contributed by atoms with Crippen LogP contribution in [-0.2, 0) is 29.0 Å². The molecule has 0 bridgehead atoms. The Morgan fingerprint density at radius 3 is 2.14 bits per heavy atom. The maximum absolute atomic E-state index is 12.0. The van der Waals surface area contributed by atoms with Crippen LogP contribution >= 0.6 is 0 Å². The summed E-state index contributed by atoms with van der Waals surface area (Å²) in [6.07, 6.45) is -1.43. The standard InChI is InChI=1S/C12H17NO7S/c1-8(21(17,18)12(2,3)4)7-19-11(16)20-13-9(14)5-6-10(13)15/h1,5-7H2,2-4H3. The average molecular weight is 319 g/mol. The molecule has 0 spiro atoms. The SMILES string of the molecule is C=C(COC(=O)ON1C(=O)CCC1=O)S(=O)(=O)C(C)(C)C. The zero-order valence-corrected chi connectivity index (χ0v) is 12.9. The summed E-state index contributed by atoms with van der Waals surface area (Å²) in [6, 6.07) is 0. The van der Waals surface area contributed by atoms with E-state index in [1.54, 1.807) is 0 Å². The van der Waals surface area contributed by atoms with Gasteiger partial charge < -0.3 is 4.74 Å². The Morgan fingerprint density at radius 2 is 1.71 bits per heavy atom. The Morgan fingerprint density at radius 1 is 1.24 bits per heavy atom. The summed E-state index contributed by atoms with van der Waals surface area (Å²) in [6.45, 7) is 7.18. The molecule has 0 saturated carbocycles. The van der Waals surface area contributed by atoms with Crippen LogP contribution in [0.15, 0.2) is 11.5 Å². The first-order chi connectivity index (χ1) is 9.46. The summed E-state index contributed by atoms with van der Waals surface area (Å²) in [5.74, 6) is -1.31. The number of hydrogen-bond acceptors (Lipinski definition) is 7. The Labute approximate surface area is 122 Å². The molecule has 0 atom stereocenters. The molecule has 0 aromatic rings. The van der Waals surface area contributed by atoms with E-state index in [0.717, 1.165) is 0 Å². The van der Waals surface area contributed by atoms with Crippen LogP contribution in [0.3, 0.4) is 0 Å². The zero-order valence-electron chi connectivity index (χ0n) is 12.0. The fourth-order valence-electron chi connectivity index (χ4n) is 1.41. The summed E-state index contributed by atoms with van der Waals surface area (Å²) in [4.78, 5) is 37.9. The van der Waals surface area contributed by atoms with Crippen molar-refractivity contribution in [1.29, 1.82) is 0 Å². The van der Waals surface area contributed by atoms with Crippen molar-refractivity contribution in [2.45, 2.75) is 38.4 Å². The highest BCUT2D eigenvalue weighted by molar-refractivity contribution is 7.96. The van der Waals surface area contributed by atoms with Crippen molar-refractivity contribution in [1.82, 2.24) is 5.06 Å². The molecule has 1 heterocycles. The third-order valence-corrected chi connectivity index (χ3v) is 5.20. The number of ether oxygens (including phenoxy) is 1. The lowest BCUT2D eigenvalue weighted by Crippen LogP contribution is -2.33. The van der Waals surface area contributed by atoms with E-state index in [0.29, 0.717) is 5.06 Å². The molecule has 0 aromatic carbocycles. The maximum atomic E-state index is 12.0. The van der Waals surface area contributed by atoms with E-state index in [-0.39, 0.29) is 17.7 Å². The van der Waals surface area contributed by atoms with Crippen LogP contribution in [0.2, 0.25) is 0 Å². The predicted molar refractivity (Wildman–Crippen MR) is 71.3 cm³/mol. The van der Waals surface area contributed by atoms with Crippen LogP contribution in [0.25, 0.3) is 0 Å². The molecule has 1 saturated heterocycles. The fraction of sp³-hybridized carbons (Fsp3) is 0.583. The minimum absolute atomic E-state index is 0.0444. The molecule has 1 fully saturated rings. The van der Waals surface area contributed by atoms with Crippen molar-refractivity contribution in [3.63, 3.8) is 0 Å². The lowest BCUT2D eigenvalue weighted by atomic mass is 10.3. The highest BCUT2D eigenvalue weighted by Gasteiger charge is 2.35. The van der Waals surface area contributed by atoms with Crippen molar-refractivity contribution in [2.75, 3.05) is 6.61 Å². The Balaban J connectivity index is 2.56. The van der Waals surface area contributed by atoms with Crippen LogP contribution in [0.1, 0.15) is 33.6 Å². The second-order valence-electron chi connectivity index (χ2n) is 5.37. The number of nitrogens with zero attached hydrogens (tertiary/aromatic N) is 1. The van der Waals surface area contributed by atoms with Gasteiger partial charge >= 0.3 is 6.16 Å². The largest absolute Gasteiger partial charge is 0.534 e. The minimum atomic E-state index is -3.70. The smallest absolute Gasteiger partial charge is 0.427 e. The third kappa shape index (κ3) is 3.81. The fourth-order valence-corrected chi connectivity index (χ4v) is 2.49. The second kappa shape index (κ2) is 5.84. The highest BCUT2D eigenvalue weighted by Crippen LogP contribution is 2.22. The normalized spacial score (nSPS) is 16.0. The monoisotopic (exact) mass is 319 g/mol. The van der Waals surface area contributed by atoms with E-state index in [2.05, 4.69) is 16.2 Å². The maximum Gasteiger partial charge on any atom is 0.534 e. The average Bonchev–Trinajstić information content (AvgIpc) is 2.66. The number of hydroxylamine groups is 2. The number of imide groups is 1. The van der Waals surface area contributed by atoms with Crippen LogP contribution in [0.4, 0.5) is 4.79 Å². The number of rotatable bonds is 4. The van der Waals surface area contributed by atoms with E-state index in [1.807, 2.05) is 0 Å². The van der Waals surface area contributed by atoms with Gasteiger partial charge in [-0.25, -0.2) is 13.2 Å².